The molecule has 1 fully saturated rings. The van der Waals surface area contributed by atoms with Gasteiger partial charge >= 0.3 is 15.2 Å². The van der Waals surface area contributed by atoms with Gasteiger partial charge in [0, 0.05) is 45.8 Å². The Morgan fingerprint density at radius 3 is 1.46 bits per heavy atom. The highest BCUT2D eigenvalue weighted by molar-refractivity contribution is 7.51. The van der Waals surface area contributed by atoms with Gasteiger partial charge in [-0.15, -0.1) is 0 Å². The zero-order valence-electron chi connectivity index (χ0n) is 14.6. The second-order valence-electron chi connectivity index (χ2n) is 6.61. The fourth-order valence-corrected chi connectivity index (χ4v) is 4.60. The van der Waals surface area contributed by atoms with Gasteiger partial charge in [-0.1, -0.05) is 30.3 Å². The van der Waals surface area contributed by atoms with Crippen molar-refractivity contribution < 1.29 is 28.7 Å². The highest BCUT2D eigenvalue weighted by Crippen LogP contribution is 2.36. The van der Waals surface area contributed by atoms with Crippen LogP contribution in [0.3, 0.4) is 0 Å². The molecule has 4 N–H and O–H groups in total. The smallest absolute Gasteiger partial charge is 0.324 e. The summed E-state index contributed by atoms with van der Waals surface area (Å²) in [6.07, 6.45) is -0.703. The zero-order valence-corrected chi connectivity index (χ0v) is 16.4. The van der Waals surface area contributed by atoms with Crippen molar-refractivity contribution in [3.63, 3.8) is 0 Å². The summed E-state index contributed by atoms with van der Waals surface area (Å²) in [5, 5.41) is 0. The van der Waals surface area contributed by atoms with Crippen LogP contribution in [0.5, 0.6) is 0 Å². The van der Waals surface area contributed by atoms with Gasteiger partial charge in [-0.2, -0.15) is 0 Å². The Hall–Kier alpha value is -0.600. The molecule has 148 valence electrons. The summed E-state index contributed by atoms with van der Waals surface area (Å²) in [5.74, 6) is 0. The number of hydrogen-bond donors (Lipinski definition) is 4. The van der Waals surface area contributed by atoms with Gasteiger partial charge in [0.15, 0.2) is 0 Å². The molecule has 1 aromatic rings. The first kappa shape index (κ1) is 21.7. The standard InChI is InChI=1S/C15H27N3O6P2/c19-25(20,21)13-17-8-6-16(12-15-4-2-1-3-5-15)7-9-18(11-10-17)14-26(22,23)24/h1-5H,6-14H2,(H2,19,20,21)(H2,22,23,24). The monoisotopic (exact) mass is 407 g/mol. The lowest BCUT2D eigenvalue weighted by Crippen LogP contribution is -2.36. The lowest BCUT2D eigenvalue weighted by molar-refractivity contribution is 0.217. The molecule has 0 unspecified atom stereocenters. The van der Waals surface area contributed by atoms with Gasteiger partial charge in [-0.3, -0.25) is 23.8 Å². The van der Waals surface area contributed by atoms with Crippen LogP contribution in [0.15, 0.2) is 30.3 Å². The van der Waals surface area contributed by atoms with E-state index >= 15 is 0 Å². The minimum atomic E-state index is -4.19. The molecular formula is C15H27N3O6P2. The largest absolute Gasteiger partial charge is 0.339 e. The third-order valence-corrected chi connectivity index (χ3v) is 5.75. The Morgan fingerprint density at radius 2 is 1.08 bits per heavy atom. The Balaban J connectivity index is 2.08. The molecule has 0 atom stereocenters. The maximum absolute atomic E-state index is 11.4. The quantitative estimate of drug-likeness (QED) is 0.495. The Labute approximate surface area is 153 Å². The van der Waals surface area contributed by atoms with Gasteiger partial charge in [0.2, 0.25) is 0 Å². The van der Waals surface area contributed by atoms with Gasteiger partial charge in [0.25, 0.3) is 0 Å². The maximum Gasteiger partial charge on any atom is 0.339 e. The van der Waals surface area contributed by atoms with E-state index in [0.717, 1.165) is 5.56 Å². The van der Waals surface area contributed by atoms with Crippen molar-refractivity contribution in [2.45, 2.75) is 6.54 Å². The van der Waals surface area contributed by atoms with Crippen LogP contribution in [-0.4, -0.2) is 86.1 Å². The average Bonchev–Trinajstić information content (AvgIpc) is 2.59. The zero-order chi connectivity index (χ0) is 19.2. The first-order chi connectivity index (χ1) is 12.1. The summed E-state index contributed by atoms with van der Waals surface area (Å²) in [6.45, 7) is 3.60. The van der Waals surface area contributed by atoms with Crippen molar-refractivity contribution in [1.82, 2.24) is 14.7 Å². The van der Waals surface area contributed by atoms with E-state index in [0.29, 0.717) is 45.8 Å². The predicted molar refractivity (Wildman–Crippen MR) is 98.7 cm³/mol. The minimum absolute atomic E-state index is 0.351. The summed E-state index contributed by atoms with van der Waals surface area (Å²) in [4.78, 5) is 42.6. The normalized spacial score (nSPS) is 19.7. The van der Waals surface area contributed by atoms with E-state index in [1.165, 1.54) is 0 Å². The molecule has 0 radical (unpaired) electrons. The number of rotatable bonds is 6. The van der Waals surface area contributed by atoms with Crippen LogP contribution in [0.1, 0.15) is 5.56 Å². The Kier molecular flexibility index (Phi) is 7.97. The summed E-state index contributed by atoms with van der Waals surface area (Å²) in [5.41, 5.74) is 1.12. The van der Waals surface area contributed by atoms with E-state index < -0.39 is 15.2 Å². The van der Waals surface area contributed by atoms with Crippen LogP contribution in [-0.2, 0) is 15.7 Å². The first-order valence-electron chi connectivity index (χ1n) is 8.41. The van der Waals surface area contributed by atoms with Crippen LogP contribution in [0.4, 0.5) is 0 Å². The predicted octanol–water partition coefficient (Wildman–Crippen LogP) is 0.377. The van der Waals surface area contributed by atoms with Gasteiger partial charge in [0.1, 0.15) is 12.6 Å². The molecule has 1 saturated heterocycles. The Morgan fingerprint density at radius 1 is 0.692 bits per heavy atom. The first-order valence-corrected chi connectivity index (χ1v) is 12.0. The summed E-state index contributed by atoms with van der Waals surface area (Å²) >= 11 is 0. The van der Waals surface area contributed by atoms with Crippen LogP contribution < -0.4 is 0 Å². The minimum Gasteiger partial charge on any atom is -0.324 e. The molecule has 0 spiro atoms. The van der Waals surface area contributed by atoms with Crippen LogP contribution >= 0.6 is 15.2 Å². The molecule has 9 nitrogen and oxygen atoms in total. The molecule has 0 saturated carbocycles. The molecule has 0 aliphatic carbocycles. The highest BCUT2D eigenvalue weighted by Gasteiger charge is 2.25. The highest BCUT2D eigenvalue weighted by atomic mass is 31.2. The second kappa shape index (κ2) is 9.55. The van der Waals surface area contributed by atoms with Crippen molar-refractivity contribution >= 4 is 15.2 Å². The fourth-order valence-electron chi connectivity index (χ4n) is 2.99. The van der Waals surface area contributed by atoms with Crippen molar-refractivity contribution in [2.24, 2.45) is 0 Å². The molecule has 1 aliphatic heterocycles. The van der Waals surface area contributed by atoms with E-state index in [-0.39, 0.29) is 12.6 Å². The second-order valence-corrected chi connectivity index (χ2v) is 9.83. The van der Waals surface area contributed by atoms with E-state index in [9.17, 15) is 28.7 Å². The van der Waals surface area contributed by atoms with Gasteiger partial charge < -0.3 is 19.6 Å². The number of hydrogen-bond acceptors (Lipinski definition) is 5. The molecule has 0 aromatic heterocycles. The molecular weight excluding hydrogens is 380 g/mol. The molecule has 1 aliphatic rings. The van der Waals surface area contributed by atoms with E-state index in [4.69, 9.17) is 0 Å². The van der Waals surface area contributed by atoms with E-state index in [1.54, 1.807) is 9.80 Å². The topological polar surface area (TPSA) is 125 Å². The SMILES string of the molecule is O=P(O)(O)CN1CCN(Cc2ccccc2)CCN(CP(=O)(O)O)CC1. The van der Waals surface area contributed by atoms with Crippen molar-refractivity contribution in [1.29, 1.82) is 0 Å². The molecule has 11 heteroatoms. The number of benzene rings is 1. The fraction of sp³-hybridized carbons (Fsp3) is 0.600. The summed E-state index contributed by atoms with van der Waals surface area (Å²) < 4.78 is 22.7. The molecule has 1 aromatic carbocycles. The molecule has 26 heavy (non-hydrogen) atoms. The molecule has 2 rings (SSSR count). The van der Waals surface area contributed by atoms with Gasteiger partial charge in [-0.25, -0.2) is 0 Å². The van der Waals surface area contributed by atoms with Crippen molar-refractivity contribution in [3.05, 3.63) is 35.9 Å². The van der Waals surface area contributed by atoms with Crippen LogP contribution in [0.25, 0.3) is 0 Å². The third kappa shape index (κ3) is 8.86. The summed E-state index contributed by atoms with van der Waals surface area (Å²) in [7, 11) is -8.39. The molecule has 0 bridgehead atoms. The summed E-state index contributed by atoms with van der Waals surface area (Å²) in [6, 6.07) is 9.85. The third-order valence-electron chi connectivity index (χ3n) is 4.21. The molecule has 1 heterocycles. The van der Waals surface area contributed by atoms with Crippen molar-refractivity contribution in [2.75, 3.05) is 51.8 Å². The van der Waals surface area contributed by atoms with E-state index in [1.807, 2.05) is 30.3 Å². The lowest BCUT2D eigenvalue weighted by Gasteiger charge is -2.25. The van der Waals surface area contributed by atoms with Crippen LogP contribution in [0, 0.1) is 0 Å². The maximum atomic E-state index is 11.4. The number of nitrogens with zero attached hydrogens (tertiary/aromatic N) is 3. The van der Waals surface area contributed by atoms with Crippen LogP contribution in [0.2, 0.25) is 0 Å². The van der Waals surface area contributed by atoms with Gasteiger partial charge in [0.05, 0.1) is 0 Å². The van der Waals surface area contributed by atoms with E-state index in [2.05, 4.69) is 4.90 Å². The molecule has 0 amide bonds. The average molecular weight is 407 g/mol. The van der Waals surface area contributed by atoms with Gasteiger partial charge in [-0.05, 0) is 5.56 Å². The Bertz CT molecular complexity index is 614. The lowest BCUT2D eigenvalue weighted by atomic mass is 10.2. The van der Waals surface area contributed by atoms with Crippen molar-refractivity contribution in [3.8, 4) is 0 Å².